The zero-order chi connectivity index (χ0) is 49.5. The first-order valence-corrected chi connectivity index (χ1v) is 25.6. The highest BCUT2D eigenvalue weighted by atomic mass is 15.0. The summed E-state index contributed by atoms with van der Waals surface area (Å²) in [4.78, 5) is 10.7. The number of hydrogen-bond acceptors (Lipinski definition) is 2. The summed E-state index contributed by atoms with van der Waals surface area (Å²) >= 11 is 0. The van der Waals surface area contributed by atoms with E-state index in [0.29, 0.717) is 0 Å². The van der Waals surface area contributed by atoms with Crippen molar-refractivity contribution in [3.8, 4) is 67.4 Å². The second kappa shape index (κ2) is 17.1. The Hall–Kier alpha value is -9.38. The van der Waals surface area contributed by atoms with Gasteiger partial charge in [0.1, 0.15) is 0 Å². The highest BCUT2D eigenvalue weighted by Crippen LogP contribution is 2.42. The molecule has 0 bridgehead atoms. The number of fused-ring (bicyclic) bond motifs is 9. The summed E-state index contributed by atoms with van der Waals surface area (Å²) in [6.45, 7) is 6.75. The van der Waals surface area contributed by atoms with Gasteiger partial charge in [0.05, 0.1) is 33.3 Å². The Morgan fingerprint density at radius 2 is 0.743 bits per heavy atom. The van der Waals surface area contributed by atoms with E-state index in [1.54, 1.807) is 0 Å². The van der Waals surface area contributed by atoms with E-state index in [9.17, 15) is 0 Å². The smallest absolute Gasteiger partial charge is 0.160 e. The molecule has 0 amide bonds. The van der Waals surface area contributed by atoms with E-state index in [1.807, 2.05) is 0 Å². The van der Waals surface area contributed by atoms with Gasteiger partial charge in [-0.3, -0.25) is 0 Å². The van der Waals surface area contributed by atoms with Crippen LogP contribution in [0.25, 0.3) is 133 Å². The maximum absolute atomic E-state index is 5.39. The third-order valence-electron chi connectivity index (χ3n) is 15.1. The minimum absolute atomic E-state index is 0.0107. The molecule has 4 nitrogen and oxygen atoms in total. The summed E-state index contributed by atoms with van der Waals surface area (Å²) in [6.07, 6.45) is 0. The van der Waals surface area contributed by atoms with Gasteiger partial charge in [-0.2, -0.15) is 0 Å². The van der Waals surface area contributed by atoms with E-state index in [4.69, 9.17) is 9.97 Å². The van der Waals surface area contributed by atoms with Gasteiger partial charge in [0.25, 0.3) is 0 Å². The topological polar surface area (TPSA) is 35.6 Å². The Bertz CT molecular complexity index is 4480. The van der Waals surface area contributed by atoms with Crippen molar-refractivity contribution in [3.63, 3.8) is 0 Å². The average molecular weight is 947 g/mol. The number of rotatable bonds is 7. The minimum Gasteiger partial charge on any atom is -0.309 e. The minimum atomic E-state index is -0.0107. The molecule has 74 heavy (non-hydrogen) atoms. The van der Waals surface area contributed by atoms with E-state index in [2.05, 4.69) is 279 Å². The lowest BCUT2D eigenvalue weighted by atomic mass is 9.86. The van der Waals surface area contributed by atoms with Crippen LogP contribution in [0.15, 0.2) is 249 Å². The Morgan fingerprint density at radius 3 is 1.27 bits per heavy atom. The number of benzene rings is 11. The van der Waals surface area contributed by atoms with E-state index in [0.717, 1.165) is 66.7 Å². The summed E-state index contributed by atoms with van der Waals surface area (Å²) in [5, 5.41) is 8.18. The van der Waals surface area contributed by atoms with Gasteiger partial charge in [-0.05, 0) is 135 Å². The van der Waals surface area contributed by atoms with Crippen LogP contribution in [0, 0.1) is 0 Å². The highest BCUT2D eigenvalue weighted by molar-refractivity contribution is 6.14. The molecule has 11 aromatic carbocycles. The molecular weight excluding hydrogens is 897 g/mol. The number of hydrogen-bond donors (Lipinski definition) is 0. The zero-order valence-corrected chi connectivity index (χ0v) is 41.5. The molecule has 0 unspecified atom stereocenters. The predicted molar refractivity (Wildman–Crippen MR) is 312 cm³/mol. The third-order valence-corrected chi connectivity index (χ3v) is 15.1. The lowest BCUT2D eigenvalue weighted by Gasteiger charge is -2.20. The molecule has 350 valence electrons. The second-order valence-corrected chi connectivity index (χ2v) is 20.6. The quantitative estimate of drug-likeness (QED) is 0.149. The molecule has 0 aliphatic heterocycles. The van der Waals surface area contributed by atoms with Gasteiger partial charge in [0.15, 0.2) is 5.82 Å². The van der Waals surface area contributed by atoms with Crippen molar-refractivity contribution in [2.75, 3.05) is 0 Å². The van der Waals surface area contributed by atoms with Crippen molar-refractivity contribution in [2.24, 2.45) is 0 Å². The zero-order valence-electron chi connectivity index (χ0n) is 41.5. The van der Waals surface area contributed by atoms with Crippen LogP contribution in [0.2, 0.25) is 0 Å². The van der Waals surface area contributed by atoms with Crippen LogP contribution in [-0.2, 0) is 5.41 Å². The predicted octanol–water partition coefficient (Wildman–Crippen LogP) is 18.6. The van der Waals surface area contributed by atoms with Crippen LogP contribution in [0.1, 0.15) is 26.3 Å². The Morgan fingerprint density at radius 1 is 0.297 bits per heavy atom. The first-order chi connectivity index (χ1) is 36.3. The average Bonchev–Trinajstić information content (AvgIpc) is 3.97. The third kappa shape index (κ3) is 7.29. The Labute approximate surface area is 430 Å². The molecule has 0 spiro atoms. The number of aromatic nitrogens is 4. The van der Waals surface area contributed by atoms with Crippen LogP contribution >= 0.6 is 0 Å². The second-order valence-electron chi connectivity index (χ2n) is 20.6. The summed E-state index contributed by atoms with van der Waals surface area (Å²) in [5.74, 6) is 0.726. The molecule has 0 saturated heterocycles. The summed E-state index contributed by atoms with van der Waals surface area (Å²) in [5.41, 5.74) is 19.2. The molecule has 0 fully saturated rings. The van der Waals surface area contributed by atoms with Crippen LogP contribution in [0.5, 0.6) is 0 Å². The van der Waals surface area contributed by atoms with Crippen molar-refractivity contribution >= 4 is 65.3 Å². The molecule has 3 heterocycles. The van der Waals surface area contributed by atoms with Crippen molar-refractivity contribution in [2.45, 2.75) is 26.2 Å². The first-order valence-electron chi connectivity index (χ1n) is 25.6. The molecule has 4 heteroatoms. The molecular formula is C70H50N4. The summed E-state index contributed by atoms with van der Waals surface area (Å²) < 4.78 is 4.82. The van der Waals surface area contributed by atoms with Crippen LogP contribution < -0.4 is 0 Å². The van der Waals surface area contributed by atoms with Crippen molar-refractivity contribution in [1.29, 1.82) is 0 Å². The van der Waals surface area contributed by atoms with E-state index < -0.39 is 0 Å². The van der Waals surface area contributed by atoms with Crippen LogP contribution in [0.4, 0.5) is 0 Å². The number of nitrogens with zero attached hydrogens (tertiary/aromatic N) is 4. The molecule has 14 aromatic rings. The maximum Gasteiger partial charge on any atom is 0.160 e. The lowest BCUT2D eigenvalue weighted by molar-refractivity contribution is 0.590. The summed E-state index contributed by atoms with van der Waals surface area (Å²) in [7, 11) is 0. The van der Waals surface area contributed by atoms with Crippen molar-refractivity contribution in [1.82, 2.24) is 19.1 Å². The molecule has 0 atom stereocenters. The lowest BCUT2D eigenvalue weighted by Crippen LogP contribution is -2.11. The standard InChI is InChI=1S/C70H50N4/c1-70(2,3)54-22-15-21-53(40-54)69-71-67(58-35-28-47-20-13-14-25-57(47)68(58)72-69)48-26-33-56(34-27-48)74-65-37-30-50(46-18-9-5-10-19-46)42-60(65)62-44-52(32-39-66(62)74)51-31-38-64-61(43-51)59-41-49(45-16-7-4-8-17-45)29-36-63(59)73(64)55-23-11-6-12-24-55/h4-44H,1-3H3. The molecule has 0 aliphatic rings. The molecule has 0 N–H and O–H groups in total. The SMILES string of the molecule is CC(C)(C)c1cccc(-c2nc(-c3ccc(-n4c5ccc(-c6ccccc6)cc5c5cc(-c6ccc7c(c6)c6cc(-c8ccccc8)ccc6n7-c6ccccc6)ccc54)cc3)c3ccc4ccccc4c3n2)c1. The van der Waals surface area contributed by atoms with Gasteiger partial charge >= 0.3 is 0 Å². The fourth-order valence-corrected chi connectivity index (χ4v) is 11.3. The normalized spacial score (nSPS) is 12.0. The van der Waals surface area contributed by atoms with Gasteiger partial charge in [-0.15, -0.1) is 0 Å². The Kier molecular flexibility index (Phi) is 10.1. The fraction of sp³-hybridized carbons (Fsp3) is 0.0571. The Balaban J connectivity index is 0.928. The largest absolute Gasteiger partial charge is 0.309 e. The van der Waals surface area contributed by atoms with Crippen molar-refractivity contribution < 1.29 is 0 Å². The van der Waals surface area contributed by atoms with Crippen molar-refractivity contribution in [3.05, 3.63) is 254 Å². The molecule has 3 aromatic heterocycles. The van der Waals surface area contributed by atoms with E-state index >= 15 is 0 Å². The molecule has 14 rings (SSSR count). The molecule has 0 radical (unpaired) electrons. The molecule has 0 saturated carbocycles. The molecule has 0 aliphatic carbocycles. The van der Waals surface area contributed by atoms with Crippen LogP contribution in [0.3, 0.4) is 0 Å². The van der Waals surface area contributed by atoms with Gasteiger partial charge in [-0.1, -0.05) is 185 Å². The highest BCUT2D eigenvalue weighted by Gasteiger charge is 2.21. The summed E-state index contributed by atoms with van der Waals surface area (Å²) in [6, 6.07) is 90.5. The fourth-order valence-electron chi connectivity index (χ4n) is 11.3. The van der Waals surface area contributed by atoms with Crippen LogP contribution in [-0.4, -0.2) is 19.1 Å². The van der Waals surface area contributed by atoms with Gasteiger partial charge < -0.3 is 9.13 Å². The maximum atomic E-state index is 5.39. The van der Waals surface area contributed by atoms with E-state index in [1.165, 1.54) is 71.5 Å². The first kappa shape index (κ1) is 43.4. The monoisotopic (exact) mass is 946 g/mol. The van der Waals surface area contributed by atoms with E-state index in [-0.39, 0.29) is 5.41 Å². The number of para-hydroxylation sites is 1. The van der Waals surface area contributed by atoms with Gasteiger partial charge in [-0.25, -0.2) is 9.97 Å². The van der Waals surface area contributed by atoms with Gasteiger partial charge in [0, 0.05) is 54.8 Å². The van der Waals surface area contributed by atoms with Gasteiger partial charge in [0.2, 0.25) is 0 Å².